The largest absolute Gasteiger partial charge is 0.388 e. The molecule has 0 bridgehead atoms. The summed E-state index contributed by atoms with van der Waals surface area (Å²) in [7, 11) is -3.54. The highest BCUT2D eigenvalue weighted by molar-refractivity contribution is 7.92. The van der Waals surface area contributed by atoms with Crippen molar-refractivity contribution < 1.29 is 13.5 Å². The summed E-state index contributed by atoms with van der Waals surface area (Å²) < 4.78 is 26.6. The first-order valence-corrected chi connectivity index (χ1v) is 9.98. The zero-order chi connectivity index (χ0) is 18.4. The molecule has 3 aromatic rings. The predicted octanol–water partition coefficient (Wildman–Crippen LogP) is 3.85. The van der Waals surface area contributed by atoms with E-state index in [1.165, 1.54) is 0 Å². The van der Waals surface area contributed by atoms with Crippen molar-refractivity contribution in [3.05, 3.63) is 89.3 Å². The molecule has 4 nitrogen and oxygen atoms in total. The molecule has 0 heterocycles. The molecule has 0 amide bonds. The van der Waals surface area contributed by atoms with Gasteiger partial charge in [0.05, 0.1) is 6.10 Å². The second-order valence-electron chi connectivity index (χ2n) is 6.03. The Balaban J connectivity index is 1.61. The lowest BCUT2D eigenvalue weighted by molar-refractivity contribution is 0.170. The van der Waals surface area contributed by atoms with Crippen molar-refractivity contribution in [2.24, 2.45) is 0 Å². The van der Waals surface area contributed by atoms with Crippen LogP contribution in [0.5, 0.6) is 0 Å². The monoisotopic (exact) mass is 367 g/mol. The van der Waals surface area contributed by atoms with E-state index >= 15 is 0 Å². The van der Waals surface area contributed by atoms with Gasteiger partial charge in [0.15, 0.2) is 0 Å². The highest BCUT2D eigenvalue weighted by Gasteiger charge is 2.12. The van der Waals surface area contributed by atoms with Gasteiger partial charge in [-0.25, -0.2) is 13.1 Å². The molecule has 0 aliphatic rings. The average molecular weight is 367 g/mol. The molecule has 134 valence electrons. The summed E-state index contributed by atoms with van der Waals surface area (Å²) in [6, 6.07) is 22.8. The van der Waals surface area contributed by atoms with E-state index in [1.807, 2.05) is 72.8 Å². The number of rotatable bonds is 7. The van der Waals surface area contributed by atoms with E-state index in [1.54, 1.807) is 6.08 Å². The maximum Gasteiger partial charge on any atom is 0.233 e. The molecule has 0 saturated carbocycles. The van der Waals surface area contributed by atoms with Crippen LogP contribution in [0.15, 0.2) is 78.2 Å². The SMILES string of the molecule is O=S(=O)(/C=C/c1ccccc1)NCCC(O)c1cccc2ccccc12. The molecule has 0 fully saturated rings. The van der Waals surface area contributed by atoms with E-state index in [0.29, 0.717) is 6.42 Å². The van der Waals surface area contributed by atoms with Crippen LogP contribution >= 0.6 is 0 Å². The number of fused-ring (bicyclic) bond motifs is 1. The van der Waals surface area contributed by atoms with Crippen molar-refractivity contribution in [3.63, 3.8) is 0 Å². The van der Waals surface area contributed by atoms with Crippen LogP contribution in [0.2, 0.25) is 0 Å². The number of hydrogen-bond acceptors (Lipinski definition) is 3. The molecule has 0 spiro atoms. The Bertz CT molecular complexity index is 993. The van der Waals surface area contributed by atoms with Crippen molar-refractivity contribution in [1.29, 1.82) is 0 Å². The van der Waals surface area contributed by atoms with Gasteiger partial charge in [-0.15, -0.1) is 0 Å². The standard InChI is InChI=1S/C21H21NO3S/c23-21(20-12-6-10-18-9-4-5-11-19(18)20)13-15-22-26(24,25)16-14-17-7-2-1-3-8-17/h1-12,14,16,21-23H,13,15H2/b16-14+. The summed E-state index contributed by atoms with van der Waals surface area (Å²) in [4.78, 5) is 0. The number of aliphatic hydroxyl groups is 1. The Kier molecular flexibility index (Phi) is 5.83. The maximum atomic E-state index is 12.1. The van der Waals surface area contributed by atoms with Crippen LogP contribution in [-0.4, -0.2) is 20.1 Å². The molecule has 0 saturated heterocycles. The smallest absolute Gasteiger partial charge is 0.233 e. The van der Waals surface area contributed by atoms with E-state index in [4.69, 9.17) is 0 Å². The highest BCUT2D eigenvalue weighted by atomic mass is 32.2. The molecular formula is C21H21NO3S. The van der Waals surface area contributed by atoms with E-state index in [2.05, 4.69) is 4.72 Å². The van der Waals surface area contributed by atoms with E-state index in [9.17, 15) is 13.5 Å². The Hall–Kier alpha value is -2.47. The predicted molar refractivity (Wildman–Crippen MR) is 106 cm³/mol. The van der Waals surface area contributed by atoms with Crippen molar-refractivity contribution in [2.45, 2.75) is 12.5 Å². The molecule has 3 rings (SSSR count). The normalized spacial score (nSPS) is 13.3. The summed E-state index contributed by atoms with van der Waals surface area (Å²) in [5, 5.41) is 13.6. The summed E-state index contributed by atoms with van der Waals surface area (Å²) >= 11 is 0. The highest BCUT2D eigenvalue weighted by Crippen LogP contribution is 2.25. The minimum absolute atomic E-state index is 0.159. The second-order valence-corrected chi connectivity index (χ2v) is 7.68. The number of sulfonamides is 1. The molecule has 26 heavy (non-hydrogen) atoms. The minimum Gasteiger partial charge on any atom is -0.388 e. The van der Waals surface area contributed by atoms with Gasteiger partial charge in [0, 0.05) is 12.0 Å². The fourth-order valence-electron chi connectivity index (χ4n) is 2.81. The van der Waals surface area contributed by atoms with E-state index < -0.39 is 16.1 Å². The molecule has 0 radical (unpaired) electrons. The Morgan fingerprint density at radius 3 is 2.42 bits per heavy atom. The Morgan fingerprint density at radius 2 is 1.62 bits per heavy atom. The minimum atomic E-state index is -3.54. The molecule has 1 atom stereocenters. The van der Waals surface area contributed by atoms with Crippen LogP contribution < -0.4 is 4.72 Å². The molecule has 2 N–H and O–H groups in total. The zero-order valence-electron chi connectivity index (χ0n) is 14.2. The third kappa shape index (κ3) is 4.79. The van der Waals surface area contributed by atoms with Crippen molar-refractivity contribution >= 4 is 26.9 Å². The number of benzene rings is 3. The summed E-state index contributed by atoms with van der Waals surface area (Å²) in [5.74, 6) is 0. The van der Waals surface area contributed by atoms with Gasteiger partial charge in [0.1, 0.15) is 0 Å². The van der Waals surface area contributed by atoms with Crippen LogP contribution in [0.3, 0.4) is 0 Å². The van der Waals surface area contributed by atoms with Crippen LogP contribution in [0.1, 0.15) is 23.7 Å². The van der Waals surface area contributed by atoms with Gasteiger partial charge in [-0.2, -0.15) is 0 Å². The fourth-order valence-corrected chi connectivity index (χ4v) is 3.65. The maximum absolute atomic E-state index is 12.1. The summed E-state index contributed by atoms with van der Waals surface area (Å²) in [6.45, 7) is 0.159. The zero-order valence-corrected chi connectivity index (χ0v) is 15.1. The molecule has 1 unspecified atom stereocenters. The van der Waals surface area contributed by atoms with Gasteiger partial charge in [-0.3, -0.25) is 0 Å². The topological polar surface area (TPSA) is 66.4 Å². The summed E-state index contributed by atoms with van der Waals surface area (Å²) in [5.41, 5.74) is 1.62. The molecular weight excluding hydrogens is 346 g/mol. The van der Waals surface area contributed by atoms with Gasteiger partial charge in [-0.1, -0.05) is 72.8 Å². The van der Waals surface area contributed by atoms with Gasteiger partial charge in [0.2, 0.25) is 10.0 Å². The van der Waals surface area contributed by atoms with E-state index in [-0.39, 0.29) is 6.54 Å². The molecule has 0 aromatic heterocycles. The average Bonchev–Trinajstić information content (AvgIpc) is 2.66. The van der Waals surface area contributed by atoms with Crippen LogP contribution in [0.4, 0.5) is 0 Å². The third-order valence-corrected chi connectivity index (χ3v) is 5.24. The van der Waals surface area contributed by atoms with E-state index in [0.717, 1.165) is 27.3 Å². The molecule has 3 aromatic carbocycles. The third-order valence-electron chi connectivity index (χ3n) is 4.14. The van der Waals surface area contributed by atoms with Gasteiger partial charge in [-0.05, 0) is 34.4 Å². The number of nitrogens with one attached hydrogen (secondary N) is 1. The Morgan fingerprint density at radius 1 is 0.923 bits per heavy atom. The van der Waals surface area contributed by atoms with Crippen molar-refractivity contribution in [1.82, 2.24) is 4.72 Å². The van der Waals surface area contributed by atoms with Crippen LogP contribution in [-0.2, 0) is 10.0 Å². The Labute approximate surface area is 153 Å². The number of aliphatic hydroxyl groups excluding tert-OH is 1. The van der Waals surface area contributed by atoms with Crippen LogP contribution in [0, 0.1) is 0 Å². The number of hydrogen-bond donors (Lipinski definition) is 2. The lowest BCUT2D eigenvalue weighted by atomic mass is 9.99. The van der Waals surface area contributed by atoms with Gasteiger partial charge in [0.25, 0.3) is 0 Å². The van der Waals surface area contributed by atoms with Gasteiger partial charge < -0.3 is 5.11 Å². The first-order valence-electron chi connectivity index (χ1n) is 8.44. The molecule has 0 aliphatic heterocycles. The fraction of sp³-hybridized carbons (Fsp3) is 0.143. The molecule has 0 aliphatic carbocycles. The lowest BCUT2D eigenvalue weighted by Gasteiger charge is -2.14. The molecule has 5 heteroatoms. The van der Waals surface area contributed by atoms with Crippen molar-refractivity contribution in [2.75, 3.05) is 6.54 Å². The van der Waals surface area contributed by atoms with Crippen LogP contribution in [0.25, 0.3) is 16.8 Å². The second kappa shape index (κ2) is 8.27. The quantitative estimate of drug-likeness (QED) is 0.666. The van der Waals surface area contributed by atoms with Gasteiger partial charge >= 0.3 is 0 Å². The first kappa shape index (κ1) is 18.3. The first-order chi connectivity index (χ1) is 12.6. The van der Waals surface area contributed by atoms with Crippen molar-refractivity contribution in [3.8, 4) is 0 Å². The summed E-state index contributed by atoms with van der Waals surface area (Å²) in [6.07, 6.45) is 1.11. The lowest BCUT2D eigenvalue weighted by Crippen LogP contribution is -2.23.